The molecule has 10 nitrogen and oxygen atoms in total. The van der Waals surface area contributed by atoms with Gasteiger partial charge in [0.2, 0.25) is 0 Å². The van der Waals surface area contributed by atoms with Crippen LogP contribution in [0.2, 0.25) is 0 Å². The minimum atomic E-state index is -1.18. The zero-order chi connectivity index (χ0) is 23.1. The number of carbonyl (C=O) groups is 5. The van der Waals surface area contributed by atoms with E-state index in [2.05, 4.69) is 21.2 Å². The molecule has 1 saturated heterocycles. The Hall–Kier alpha value is -2.79. The van der Waals surface area contributed by atoms with Gasteiger partial charge in [-0.2, -0.15) is 0 Å². The molecule has 168 valence electrons. The van der Waals surface area contributed by atoms with Crippen molar-refractivity contribution in [3.05, 3.63) is 35.4 Å². The monoisotopic (exact) mass is 499 g/mol. The Morgan fingerprint density at radius 2 is 1.65 bits per heavy atom. The molecule has 0 spiro atoms. The molecule has 31 heavy (non-hydrogen) atoms. The Labute approximate surface area is 186 Å². The van der Waals surface area contributed by atoms with Crippen molar-refractivity contribution in [1.82, 2.24) is 5.32 Å². The normalized spacial score (nSPS) is 25.1. The van der Waals surface area contributed by atoms with Gasteiger partial charge >= 0.3 is 17.9 Å². The van der Waals surface area contributed by atoms with Crippen LogP contribution in [-0.2, 0) is 33.3 Å². The van der Waals surface area contributed by atoms with Gasteiger partial charge in [-0.05, 0) is 6.07 Å². The second-order valence-corrected chi connectivity index (χ2v) is 7.58. The summed E-state index contributed by atoms with van der Waals surface area (Å²) in [6, 6.07) is 5.13. The third-order valence-electron chi connectivity index (χ3n) is 4.32. The first-order valence-corrected chi connectivity index (χ1v) is 10.2. The van der Waals surface area contributed by atoms with Crippen molar-refractivity contribution in [2.24, 2.45) is 0 Å². The van der Waals surface area contributed by atoms with Crippen LogP contribution in [0, 0.1) is 0 Å². The first-order valence-electron chi connectivity index (χ1n) is 9.26. The maximum atomic E-state index is 12.8. The highest BCUT2D eigenvalue weighted by atomic mass is 79.9. The van der Waals surface area contributed by atoms with E-state index in [1.54, 1.807) is 12.1 Å². The minimum absolute atomic E-state index is 0.102. The fourth-order valence-electron chi connectivity index (χ4n) is 3.08. The summed E-state index contributed by atoms with van der Waals surface area (Å²) in [5.41, 5.74) is 0.265. The molecule has 0 aliphatic carbocycles. The van der Waals surface area contributed by atoms with Gasteiger partial charge in [-0.1, -0.05) is 34.1 Å². The smallest absolute Gasteiger partial charge is 0.303 e. The van der Waals surface area contributed by atoms with Crippen LogP contribution in [0.4, 0.5) is 0 Å². The maximum Gasteiger partial charge on any atom is 0.303 e. The highest BCUT2D eigenvalue weighted by molar-refractivity contribution is 9.09. The zero-order valence-electron chi connectivity index (χ0n) is 17.0. The van der Waals surface area contributed by atoms with E-state index in [9.17, 15) is 24.0 Å². The van der Waals surface area contributed by atoms with Gasteiger partial charge < -0.3 is 24.3 Å². The van der Waals surface area contributed by atoms with Crippen LogP contribution in [0.15, 0.2) is 24.3 Å². The highest BCUT2D eigenvalue weighted by Crippen LogP contribution is 2.30. The lowest BCUT2D eigenvalue weighted by atomic mass is 9.96. The van der Waals surface area contributed by atoms with E-state index < -0.39 is 53.2 Å². The summed E-state index contributed by atoms with van der Waals surface area (Å²) in [6.07, 6.45) is -2.79. The standard InChI is InChI=1S/C20H22BrNO9/c1-10(24)28-9-15-17(29-11(2)25)18(30-12(3)26)16(19(21)31-15)22-20(27)14-7-5-4-6-13(14)8-23/h4-8,15-19H,9H2,1-3H3,(H,22,27)/t15-,16-,17-,18-,19-/m1/s1. The van der Waals surface area contributed by atoms with Crippen molar-refractivity contribution in [1.29, 1.82) is 0 Å². The second-order valence-electron chi connectivity index (χ2n) is 6.68. The van der Waals surface area contributed by atoms with E-state index >= 15 is 0 Å². The van der Waals surface area contributed by atoms with Crippen molar-refractivity contribution in [3.63, 3.8) is 0 Å². The number of amides is 1. The molecule has 11 heteroatoms. The van der Waals surface area contributed by atoms with E-state index in [1.807, 2.05) is 0 Å². The van der Waals surface area contributed by atoms with Gasteiger partial charge in [0.25, 0.3) is 5.91 Å². The topological polar surface area (TPSA) is 134 Å². The van der Waals surface area contributed by atoms with Crippen LogP contribution in [0.3, 0.4) is 0 Å². The Kier molecular flexibility index (Phi) is 8.69. The van der Waals surface area contributed by atoms with Crippen molar-refractivity contribution < 1.29 is 42.9 Å². The number of carbonyl (C=O) groups excluding carboxylic acids is 5. The molecule has 0 radical (unpaired) electrons. The average Bonchev–Trinajstić information content (AvgIpc) is 2.70. The first-order chi connectivity index (χ1) is 14.6. The average molecular weight is 500 g/mol. The Morgan fingerprint density at radius 1 is 1.03 bits per heavy atom. The molecule has 0 aromatic heterocycles. The van der Waals surface area contributed by atoms with Crippen LogP contribution < -0.4 is 5.32 Å². The summed E-state index contributed by atoms with van der Waals surface area (Å²) < 4.78 is 21.4. The number of rotatable bonds is 7. The Bertz CT molecular complexity index is 859. The molecule has 2 rings (SSSR count). The number of nitrogens with one attached hydrogen (secondary N) is 1. The lowest BCUT2D eigenvalue weighted by Crippen LogP contribution is -2.64. The van der Waals surface area contributed by atoms with Gasteiger partial charge in [0, 0.05) is 31.9 Å². The second kappa shape index (κ2) is 11.0. The highest BCUT2D eigenvalue weighted by Gasteiger charge is 2.50. The summed E-state index contributed by atoms with van der Waals surface area (Å²) in [7, 11) is 0. The molecule has 5 atom stereocenters. The van der Waals surface area contributed by atoms with Crippen molar-refractivity contribution in [2.75, 3.05) is 6.61 Å². The summed E-state index contributed by atoms with van der Waals surface area (Å²) in [5.74, 6) is -2.59. The van der Waals surface area contributed by atoms with E-state index in [0.29, 0.717) is 6.29 Å². The Balaban J connectivity index is 2.36. The summed E-state index contributed by atoms with van der Waals surface area (Å²) >= 11 is 3.28. The van der Waals surface area contributed by atoms with Gasteiger partial charge in [0.1, 0.15) is 23.8 Å². The van der Waals surface area contributed by atoms with Crippen molar-refractivity contribution >= 4 is 46.0 Å². The quantitative estimate of drug-likeness (QED) is 0.253. The number of aldehydes is 1. The van der Waals surface area contributed by atoms with Gasteiger partial charge in [-0.15, -0.1) is 0 Å². The molecule has 1 aromatic rings. The number of halogens is 1. The van der Waals surface area contributed by atoms with E-state index in [0.717, 1.165) is 13.8 Å². The predicted molar refractivity (Wildman–Crippen MR) is 108 cm³/mol. The van der Waals surface area contributed by atoms with Crippen LogP contribution in [0.5, 0.6) is 0 Å². The minimum Gasteiger partial charge on any atom is -0.463 e. The fraction of sp³-hybridized carbons (Fsp3) is 0.450. The number of ether oxygens (including phenoxy) is 4. The first kappa shape index (κ1) is 24.5. The van der Waals surface area contributed by atoms with Crippen molar-refractivity contribution in [2.45, 2.75) is 50.1 Å². The van der Waals surface area contributed by atoms with Gasteiger partial charge in [0.15, 0.2) is 18.5 Å². The van der Waals surface area contributed by atoms with Gasteiger partial charge in [-0.3, -0.25) is 24.0 Å². The lowest BCUT2D eigenvalue weighted by Gasteiger charge is -2.43. The molecule has 1 fully saturated rings. The number of esters is 3. The summed E-state index contributed by atoms with van der Waals surface area (Å²) in [4.78, 5) is 58.7. The van der Waals surface area contributed by atoms with E-state index in [-0.39, 0.29) is 17.7 Å². The molecule has 1 aliphatic heterocycles. The predicted octanol–water partition coefficient (Wildman–Crippen LogP) is 1.14. The van der Waals surface area contributed by atoms with Gasteiger partial charge in [-0.25, -0.2) is 0 Å². The van der Waals surface area contributed by atoms with Crippen LogP contribution in [-0.4, -0.2) is 66.1 Å². The number of hydrogen-bond acceptors (Lipinski definition) is 9. The molecular formula is C20H22BrNO9. The fourth-order valence-corrected chi connectivity index (χ4v) is 3.79. The maximum absolute atomic E-state index is 12.8. The number of benzene rings is 1. The summed E-state index contributed by atoms with van der Waals surface area (Å²) in [6.45, 7) is 3.24. The number of alkyl halides is 1. The lowest BCUT2D eigenvalue weighted by molar-refractivity contribution is -0.210. The number of hydrogen-bond donors (Lipinski definition) is 1. The largest absolute Gasteiger partial charge is 0.463 e. The SMILES string of the molecule is CC(=O)OC[C@H]1O[C@@H](Br)[C@H](NC(=O)c2ccccc2C=O)[C@@H](OC(C)=O)[C@@H]1OC(C)=O. The van der Waals surface area contributed by atoms with E-state index in [4.69, 9.17) is 18.9 Å². The molecular weight excluding hydrogens is 478 g/mol. The van der Waals surface area contributed by atoms with Gasteiger partial charge in [0.05, 0.1) is 0 Å². The molecule has 0 bridgehead atoms. The van der Waals surface area contributed by atoms with Crippen LogP contribution >= 0.6 is 15.9 Å². The summed E-state index contributed by atoms with van der Waals surface area (Å²) in [5, 5.41) is 1.75. The van der Waals surface area contributed by atoms with Crippen LogP contribution in [0.25, 0.3) is 0 Å². The third kappa shape index (κ3) is 6.59. The molecule has 1 aliphatic rings. The van der Waals surface area contributed by atoms with Crippen molar-refractivity contribution in [3.8, 4) is 0 Å². The molecule has 1 aromatic carbocycles. The van der Waals surface area contributed by atoms with E-state index in [1.165, 1.54) is 19.1 Å². The Morgan fingerprint density at radius 3 is 2.23 bits per heavy atom. The van der Waals surface area contributed by atoms with Crippen LogP contribution in [0.1, 0.15) is 41.5 Å². The molecule has 1 amide bonds. The third-order valence-corrected chi connectivity index (χ3v) is 5.10. The molecule has 1 heterocycles. The molecule has 0 saturated carbocycles. The molecule has 1 N–H and O–H groups in total. The molecule has 0 unspecified atom stereocenters. The zero-order valence-corrected chi connectivity index (χ0v) is 18.6.